The molecule has 4 aromatic rings. The van der Waals surface area contributed by atoms with Crippen LogP contribution in [0, 0.1) is 0 Å². The monoisotopic (exact) mass is 473 g/mol. The summed E-state index contributed by atoms with van der Waals surface area (Å²) in [6, 6.07) is 7.21. The van der Waals surface area contributed by atoms with E-state index in [4.69, 9.17) is 4.74 Å². The van der Waals surface area contributed by atoms with Gasteiger partial charge in [-0.25, -0.2) is 9.97 Å². The maximum absolute atomic E-state index is 13.3. The molecular weight excluding hydrogens is 446 g/mol. The van der Waals surface area contributed by atoms with Gasteiger partial charge in [0.15, 0.2) is 5.82 Å². The Kier molecular flexibility index (Phi) is 6.49. The van der Waals surface area contributed by atoms with Crippen molar-refractivity contribution in [2.45, 2.75) is 25.9 Å². The van der Waals surface area contributed by atoms with Crippen molar-refractivity contribution < 1.29 is 9.53 Å². The molecule has 1 aliphatic rings. The largest absolute Gasteiger partial charge is 0.477 e. The van der Waals surface area contributed by atoms with Crippen LogP contribution in [0.5, 0.6) is 5.88 Å². The van der Waals surface area contributed by atoms with Gasteiger partial charge in [-0.05, 0) is 45.1 Å². The fourth-order valence-corrected chi connectivity index (χ4v) is 3.81. The molecule has 11 heteroatoms. The number of nitrogens with one attached hydrogen (secondary N) is 1. The molecule has 0 fully saturated rings. The summed E-state index contributed by atoms with van der Waals surface area (Å²) in [5.41, 5.74) is 2.65. The Bertz CT molecular complexity index is 1330. The quantitative estimate of drug-likeness (QED) is 0.481. The molecule has 35 heavy (non-hydrogen) atoms. The van der Waals surface area contributed by atoms with E-state index >= 15 is 0 Å². The zero-order chi connectivity index (χ0) is 24.2. The first-order valence-corrected chi connectivity index (χ1v) is 11.5. The van der Waals surface area contributed by atoms with Crippen molar-refractivity contribution in [3.05, 3.63) is 54.7 Å². The van der Waals surface area contributed by atoms with E-state index in [1.165, 1.54) is 0 Å². The SMILES string of the molecule is CN(C)CCn1cc(-c2cnc3c(c2)C(=O)Nc2cccc(n2)-c2nncn2CCCCO3)cn1. The zero-order valence-corrected chi connectivity index (χ0v) is 19.8. The van der Waals surface area contributed by atoms with Crippen molar-refractivity contribution in [3.8, 4) is 28.5 Å². The predicted molar refractivity (Wildman–Crippen MR) is 130 cm³/mol. The number of fused-ring (bicyclic) bond motifs is 5. The van der Waals surface area contributed by atoms with Crippen LogP contribution < -0.4 is 10.1 Å². The molecule has 0 saturated heterocycles. The topological polar surface area (TPSA) is 116 Å². The Hall–Kier alpha value is -4.12. The third kappa shape index (κ3) is 5.19. The average molecular weight is 474 g/mol. The highest BCUT2D eigenvalue weighted by Gasteiger charge is 2.19. The molecule has 0 radical (unpaired) electrons. The molecule has 1 aliphatic heterocycles. The number of pyridine rings is 2. The molecule has 1 amide bonds. The molecule has 11 nitrogen and oxygen atoms in total. The van der Waals surface area contributed by atoms with Gasteiger partial charge in [-0.1, -0.05) is 6.07 Å². The number of carbonyl (C=O) groups is 1. The molecule has 0 atom stereocenters. The maximum Gasteiger partial charge on any atom is 0.262 e. The van der Waals surface area contributed by atoms with Gasteiger partial charge in [0.2, 0.25) is 5.88 Å². The van der Waals surface area contributed by atoms with Gasteiger partial charge in [0, 0.05) is 36.6 Å². The van der Waals surface area contributed by atoms with Gasteiger partial charge in [0.05, 0.1) is 19.3 Å². The number of aryl methyl sites for hydroxylation is 1. The van der Waals surface area contributed by atoms with Crippen LogP contribution in [-0.4, -0.2) is 72.6 Å². The van der Waals surface area contributed by atoms with Gasteiger partial charge < -0.3 is 19.5 Å². The normalized spacial score (nSPS) is 14.0. The number of carbonyl (C=O) groups excluding carboxylic acids is 1. The molecule has 0 saturated carbocycles. The molecule has 5 heterocycles. The van der Waals surface area contributed by atoms with Gasteiger partial charge >= 0.3 is 0 Å². The summed E-state index contributed by atoms with van der Waals surface area (Å²) in [7, 11) is 4.05. The summed E-state index contributed by atoms with van der Waals surface area (Å²) in [6.07, 6.45) is 8.78. The predicted octanol–water partition coefficient (Wildman–Crippen LogP) is 2.59. The van der Waals surface area contributed by atoms with Crippen LogP contribution >= 0.6 is 0 Å². The Balaban J connectivity index is 1.46. The van der Waals surface area contributed by atoms with E-state index in [9.17, 15) is 4.79 Å². The lowest BCUT2D eigenvalue weighted by Gasteiger charge is -2.14. The molecule has 0 aliphatic carbocycles. The maximum atomic E-state index is 13.3. The van der Waals surface area contributed by atoms with Crippen LogP contribution in [-0.2, 0) is 13.1 Å². The van der Waals surface area contributed by atoms with E-state index < -0.39 is 0 Å². The minimum atomic E-state index is -0.350. The van der Waals surface area contributed by atoms with Crippen LogP contribution in [0.2, 0.25) is 0 Å². The van der Waals surface area contributed by atoms with E-state index in [1.807, 2.05) is 41.7 Å². The van der Waals surface area contributed by atoms with E-state index in [0.717, 1.165) is 43.6 Å². The zero-order valence-electron chi connectivity index (χ0n) is 19.8. The number of amides is 1. The summed E-state index contributed by atoms with van der Waals surface area (Å²) in [5, 5.41) is 15.6. The van der Waals surface area contributed by atoms with Crippen LogP contribution in [0.3, 0.4) is 0 Å². The number of hydrogen-bond donors (Lipinski definition) is 1. The summed E-state index contributed by atoms with van der Waals surface area (Å²) in [4.78, 5) is 24.5. The molecule has 5 rings (SSSR count). The molecule has 0 aromatic carbocycles. The lowest BCUT2D eigenvalue weighted by Crippen LogP contribution is -2.18. The second kappa shape index (κ2) is 10.0. The number of hydrogen-bond acceptors (Lipinski definition) is 8. The van der Waals surface area contributed by atoms with E-state index in [2.05, 4.69) is 35.5 Å². The second-order valence-electron chi connectivity index (χ2n) is 8.64. The summed E-state index contributed by atoms with van der Waals surface area (Å²) >= 11 is 0. The first-order chi connectivity index (χ1) is 17.1. The lowest BCUT2D eigenvalue weighted by atomic mass is 10.1. The number of aromatic nitrogens is 7. The summed E-state index contributed by atoms with van der Waals surface area (Å²) in [5.74, 6) is 1.02. The highest BCUT2D eigenvalue weighted by Crippen LogP contribution is 2.26. The molecule has 0 spiro atoms. The van der Waals surface area contributed by atoms with Gasteiger partial charge in [-0.15, -0.1) is 10.2 Å². The van der Waals surface area contributed by atoms with Crippen molar-refractivity contribution in [3.63, 3.8) is 0 Å². The van der Waals surface area contributed by atoms with Gasteiger partial charge in [0.1, 0.15) is 23.4 Å². The fraction of sp³-hybridized carbons (Fsp3) is 0.333. The lowest BCUT2D eigenvalue weighted by molar-refractivity contribution is 0.102. The van der Waals surface area contributed by atoms with Crippen molar-refractivity contribution in [1.29, 1.82) is 0 Å². The van der Waals surface area contributed by atoms with E-state index in [0.29, 0.717) is 35.4 Å². The first kappa shape index (κ1) is 22.7. The van der Waals surface area contributed by atoms with Crippen LogP contribution in [0.25, 0.3) is 22.6 Å². The van der Waals surface area contributed by atoms with Gasteiger partial charge in [-0.3, -0.25) is 9.48 Å². The minimum Gasteiger partial charge on any atom is -0.477 e. The van der Waals surface area contributed by atoms with Crippen molar-refractivity contribution >= 4 is 11.7 Å². The number of likely N-dealkylation sites (N-methyl/N-ethyl adjacent to an activating group) is 1. The Morgan fingerprint density at radius 1 is 1.17 bits per heavy atom. The number of ether oxygens (including phenoxy) is 1. The van der Waals surface area contributed by atoms with Crippen molar-refractivity contribution in [1.82, 2.24) is 39.4 Å². The highest BCUT2D eigenvalue weighted by atomic mass is 16.5. The standard InChI is InChI=1S/C24H27N9O2/c1-31(2)9-10-33-15-18(14-27-33)17-12-19-23(34)29-21-7-5-6-20(28-21)22-30-26-16-32(22)8-3-4-11-35-24(19)25-13-17/h5-7,12-16H,3-4,8-11H2,1-2H3,(H,28,29,34). The Morgan fingerprint density at radius 3 is 2.97 bits per heavy atom. The molecule has 1 N–H and O–H groups in total. The summed E-state index contributed by atoms with van der Waals surface area (Å²) in [6.45, 7) is 2.82. The average Bonchev–Trinajstić information content (AvgIpc) is 3.52. The Morgan fingerprint density at radius 2 is 2.09 bits per heavy atom. The third-order valence-corrected chi connectivity index (χ3v) is 5.71. The molecule has 180 valence electrons. The van der Waals surface area contributed by atoms with Crippen LogP contribution in [0.15, 0.2) is 49.2 Å². The molecule has 0 unspecified atom stereocenters. The molecular formula is C24H27N9O2. The van der Waals surface area contributed by atoms with Crippen LogP contribution in [0.1, 0.15) is 23.2 Å². The van der Waals surface area contributed by atoms with Crippen molar-refractivity contribution in [2.75, 3.05) is 32.6 Å². The van der Waals surface area contributed by atoms with Gasteiger partial charge in [0.25, 0.3) is 5.91 Å². The fourth-order valence-electron chi connectivity index (χ4n) is 3.81. The van der Waals surface area contributed by atoms with Gasteiger partial charge in [-0.2, -0.15) is 5.10 Å². The Labute approximate surface area is 202 Å². The first-order valence-electron chi connectivity index (χ1n) is 11.5. The van der Waals surface area contributed by atoms with E-state index in [1.54, 1.807) is 30.9 Å². The number of nitrogens with zero attached hydrogens (tertiary/aromatic N) is 8. The third-order valence-electron chi connectivity index (χ3n) is 5.71. The molecule has 2 bridgehead atoms. The van der Waals surface area contributed by atoms with Crippen molar-refractivity contribution in [2.24, 2.45) is 0 Å². The van der Waals surface area contributed by atoms with Crippen LogP contribution in [0.4, 0.5) is 5.82 Å². The molecule has 4 aromatic heterocycles. The smallest absolute Gasteiger partial charge is 0.262 e. The highest BCUT2D eigenvalue weighted by molar-refractivity contribution is 6.06. The minimum absolute atomic E-state index is 0.296. The second-order valence-corrected chi connectivity index (χ2v) is 8.64. The number of anilines is 1. The van der Waals surface area contributed by atoms with E-state index in [-0.39, 0.29) is 5.91 Å². The summed E-state index contributed by atoms with van der Waals surface area (Å²) < 4.78 is 9.77. The number of rotatable bonds is 4.